The van der Waals surface area contributed by atoms with Crippen LogP contribution in [-0.4, -0.2) is 0 Å². The zero-order chi connectivity index (χ0) is 13.0. The molecule has 0 spiro atoms. The molecule has 2 aromatic rings. The molecule has 0 saturated carbocycles. The Morgan fingerprint density at radius 2 is 2.11 bits per heavy atom. The van der Waals surface area contributed by atoms with Crippen LogP contribution in [0.15, 0.2) is 35.7 Å². The van der Waals surface area contributed by atoms with Crippen LogP contribution >= 0.6 is 34.5 Å². The lowest BCUT2D eigenvalue weighted by Crippen LogP contribution is -2.28. The van der Waals surface area contributed by atoms with Crippen LogP contribution in [0.4, 0.5) is 0 Å². The zero-order valence-corrected chi connectivity index (χ0v) is 12.0. The van der Waals surface area contributed by atoms with Gasteiger partial charge in [-0.05, 0) is 48.1 Å². The first-order valence-electron chi connectivity index (χ1n) is 5.64. The normalized spacial score (nSPS) is 12.6. The van der Waals surface area contributed by atoms with Crippen molar-refractivity contribution in [1.82, 2.24) is 5.43 Å². The minimum absolute atomic E-state index is 0.0123. The summed E-state index contributed by atoms with van der Waals surface area (Å²) in [5.74, 6) is 5.61. The quantitative estimate of drug-likeness (QED) is 0.642. The van der Waals surface area contributed by atoms with Gasteiger partial charge in [0.25, 0.3) is 0 Å². The predicted octanol–water partition coefficient (Wildman–Crippen LogP) is 4.19. The van der Waals surface area contributed by atoms with Gasteiger partial charge in [0.2, 0.25) is 0 Å². The molecule has 2 nitrogen and oxygen atoms in total. The van der Waals surface area contributed by atoms with Gasteiger partial charge in [-0.2, -0.15) is 0 Å². The maximum Gasteiger partial charge on any atom is 0.0478 e. The van der Waals surface area contributed by atoms with Crippen LogP contribution in [0.3, 0.4) is 0 Å². The highest BCUT2D eigenvalue weighted by Gasteiger charge is 2.14. The predicted molar refractivity (Wildman–Crippen MR) is 79.2 cm³/mol. The van der Waals surface area contributed by atoms with Crippen LogP contribution in [0.25, 0.3) is 0 Å². The molecule has 0 aliphatic heterocycles. The van der Waals surface area contributed by atoms with Crippen LogP contribution in [0.5, 0.6) is 0 Å². The topological polar surface area (TPSA) is 38.0 Å². The van der Waals surface area contributed by atoms with E-state index in [1.165, 1.54) is 4.88 Å². The summed E-state index contributed by atoms with van der Waals surface area (Å²) in [5, 5.41) is 3.44. The van der Waals surface area contributed by atoms with E-state index in [1.54, 1.807) is 23.5 Å². The average molecular weight is 301 g/mol. The molecule has 1 aromatic carbocycles. The molecule has 0 saturated heterocycles. The van der Waals surface area contributed by atoms with Gasteiger partial charge < -0.3 is 0 Å². The van der Waals surface area contributed by atoms with Crippen molar-refractivity contribution in [1.29, 1.82) is 0 Å². The summed E-state index contributed by atoms with van der Waals surface area (Å²) in [6, 6.07) is 9.63. The third-order valence-electron chi connectivity index (χ3n) is 2.79. The number of hydrogen-bond donors (Lipinski definition) is 2. The van der Waals surface area contributed by atoms with Crippen molar-refractivity contribution < 1.29 is 0 Å². The van der Waals surface area contributed by atoms with E-state index in [-0.39, 0.29) is 6.04 Å². The fourth-order valence-corrected chi connectivity index (χ4v) is 3.01. The Morgan fingerprint density at radius 3 is 2.78 bits per heavy atom. The van der Waals surface area contributed by atoms with Crippen molar-refractivity contribution in [3.05, 3.63) is 56.2 Å². The molecule has 1 atom stereocenters. The Hall–Kier alpha value is -0.580. The summed E-state index contributed by atoms with van der Waals surface area (Å²) in [7, 11) is 0. The van der Waals surface area contributed by atoms with E-state index in [0.717, 1.165) is 18.4 Å². The first kappa shape index (κ1) is 13.8. The van der Waals surface area contributed by atoms with E-state index in [4.69, 9.17) is 29.0 Å². The molecule has 96 valence electrons. The van der Waals surface area contributed by atoms with E-state index in [9.17, 15) is 0 Å². The number of hydrogen-bond acceptors (Lipinski definition) is 3. The van der Waals surface area contributed by atoms with Crippen molar-refractivity contribution in [2.75, 3.05) is 0 Å². The Morgan fingerprint density at radius 1 is 1.28 bits per heavy atom. The molecule has 0 bridgehead atoms. The molecule has 5 heteroatoms. The van der Waals surface area contributed by atoms with Gasteiger partial charge in [-0.15, -0.1) is 11.3 Å². The molecule has 1 aromatic heterocycles. The summed E-state index contributed by atoms with van der Waals surface area (Å²) in [4.78, 5) is 1.34. The molecule has 1 heterocycles. The van der Waals surface area contributed by atoms with Gasteiger partial charge in [-0.3, -0.25) is 11.3 Å². The van der Waals surface area contributed by atoms with Crippen molar-refractivity contribution in [3.63, 3.8) is 0 Å². The summed E-state index contributed by atoms with van der Waals surface area (Å²) in [6.45, 7) is 0. The van der Waals surface area contributed by atoms with Gasteiger partial charge in [0.05, 0.1) is 0 Å². The minimum Gasteiger partial charge on any atom is -0.271 e. The van der Waals surface area contributed by atoms with E-state index >= 15 is 0 Å². The molecule has 0 amide bonds. The molecule has 3 N–H and O–H groups in total. The Labute approximate surface area is 121 Å². The number of nitrogens with one attached hydrogen (secondary N) is 1. The SMILES string of the molecule is NNC(CCc1cccs1)c1cc(Cl)ccc1Cl. The second-order valence-corrected chi connectivity index (χ2v) is 5.88. The van der Waals surface area contributed by atoms with E-state index < -0.39 is 0 Å². The van der Waals surface area contributed by atoms with Gasteiger partial charge in [-0.25, -0.2) is 0 Å². The highest BCUT2D eigenvalue weighted by molar-refractivity contribution is 7.09. The highest BCUT2D eigenvalue weighted by Crippen LogP contribution is 2.29. The van der Waals surface area contributed by atoms with Crippen molar-refractivity contribution >= 4 is 34.5 Å². The third kappa shape index (κ3) is 3.46. The molecule has 18 heavy (non-hydrogen) atoms. The second-order valence-electron chi connectivity index (χ2n) is 4.00. The maximum atomic E-state index is 6.18. The molecule has 0 fully saturated rings. The van der Waals surface area contributed by atoms with Crippen molar-refractivity contribution in [3.8, 4) is 0 Å². The number of hydrazine groups is 1. The molecule has 1 unspecified atom stereocenters. The van der Waals surface area contributed by atoms with Crippen molar-refractivity contribution in [2.24, 2.45) is 5.84 Å². The van der Waals surface area contributed by atoms with Crippen LogP contribution in [0.1, 0.15) is 22.9 Å². The number of aryl methyl sites for hydroxylation is 1. The summed E-state index contributed by atoms with van der Waals surface area (Å²) >= 11 is 13.9. The Kier molecular flexibility index (Phi) is 5.03. The van der Waals surface area contributed by atoms with Gasteiger partial charge in [0.15, 0.2) is 0 Å². The van der Waals surface area contributed by atoms with Gasteiger partial charge in [0, 0.05) is 21.0 Å². The molecule has 2 rings (SSSR count). The fourth-order valence-electron chi connectivity index (χ4n) is 1.85. The minimum atomic E-state index is 0.0123. The number of nitrogens with two attached hydrogens (primary N) is 1. The van der Waals surface area contributed by atoms with Crippen LogP contribution in [-0.2, 0) is 6.42 Å². The van der Waals surface area contributed by atoms with Crippen LogP contribution in [0, 0.1) is 0 Å². The van der Waals surface area contributed by atoms with Gasteiger partial charge >= 0.3 is 0 Å². The first-order valence-corrected chi connectivity index (χ1v) is 7.27. The van der Waals surface area contributed by atoms with E-state index in [2.05, 4.69) is 22.9 Å². The Bertz CT molecular complexity index is 500. The largest absolute Gasteiger partial charge is 0.271 e. The second kappa shape index (κ2) is 6.55. The molecular formula is C13H14Cl2N2S. The number of rotatable bonds is 5. The smallest absolute Gasteiger partial charge is 0.0478 e. The van der Waals surface area contributed by atoms with E-state index in [0.29, 0.717) is 10.0 Å². The number of benzene rings is 1. The summed E-state index contributed by atoms with van der Waals surface area (Å²) in [5.41, 5.74) is 3.76. The summed E-state index contributed by atoms with van der Waals surface area (Å²) in [6.07, 6.45) is 1.85. The van der Waals surface area contributed by atoms with Gasteiger partial charge in [-0.1, -0.05) is 29.3 Å². The number of halogens is 2. The van der Waals surface area contributed by atoms with Crippen LogP contribution < -0.4 is 11.3 Å². The number of thiophene rings is 1. The lowest BCUT2D eigenvalue weighted by Gasteiger charge is -2.17. The molecular weight excluding hydrogens is 287 g/mol. The Balaban J connectivity index is 2.10. The monoisotopic (exact) mass is 300 g/mol. The van der Waals surface area contributed by atoms with Crippen molar-refractivity contribution in [2.45, 2.75) is 18.9 Å². The maximum absolute atomic E-state index is 6.18. The average Bonchev–Trinajstić information content (AvgIpc) is 2.87. The molecule has 0 aliphatic carbocycles. The van der Waals surface area contributed by atoms with Crippen LogP contribution in [0.2, 0.25) is 10.0 Å². The standard InChI is InChI=1S/C13H14Cl2N2S/c14-9-3-5-12(15)11(8-9)13(17-16)6-4-10-2-1-7-18-10/h1-3,5,7-8,13,17H,4,6,16H2. The molecule has 0 aliphatic rings. The fraction of sp³-hybridized carbons (Fsp3) is 0.231. The van der Waals surface area contributed by atoms with Gasteiger partial charge in [0.1, 0.15) is 0 Å². The lowest BCUT2D eigenvalue weighted by molar-refractivity contribution is 0.518. The van der Waals surface area contributed by atoms with E-state index in [1.807, 2.05) is 6.07 Å². The third-order valence-corrected chi connectivity index (χ3v) is 4.31. The first-order chi connectivity index (χ1) is 8.70. The summed E-state index contributed by atoms with van der Waals surface area (Å²) < 4.78 is 0. The lowest BCUT2D eigenvalue weighted by atomic mass is 10.0. The zero-order valence-electron chi connectivity index (χ0n) is 9.70. The molecule has 0 radical (unpaired) electrons. The highest BCUT2D eigenvalue weighted by atomic mass is 35.5.